The number of hydrogen-bond acceptors (Lipinski definition) is 3. The van der Waals surface area contributed by atoms with Crippen molar-refractivity contribution in [3.63, 3.8) is 0 Å². The van der Waals surface area contributed by atoms with Crippen molar-refractivity contribution in [2.75, 3.05) is 12.8 Å². The molecule has 0 aliphatic carbocycles. The molecule has 1 rings (SSSR count). The summed E-state index contributed by atoms with van der Waals surface area (Å²) in [4.78, 5) is 11.6. The van der Waals surface area contributed by atoms with Gasteiger partial charge in [-0.25, -0.2) is 8.78 Å². The van der Waals surface area contributed by atoms with Crippen LogP contribution in [0.15, 0.2) is 18.2 Å². The number of aliphatic hydroxyl groups is 1. The lowest BCUT2D eigenvalue weighted by Crippen LogP contribution is -2.39. The van der Waals surface area contributed by atoms with Gasteiger partial charge < -0.3 is 10.4 Å². The largest absolute Gasteiger partial charge is 0.383 e. The number of hydrogen-bond donors (Lipinski definition) is 2. The number of rotatable bonds is 6. The van der Waals surface area contributed by atoms with Crippen LogP contribution in [-0.4, -0.2) is 29.1 Å². The van der Waals surface area contributed by atoms with Crippen molar-refractivity contribution >= 4 is 17.7 Å². The van der Waals surface area contributed by atoms with Gasteiger partial charge in [0.2, 0.25) is 5.91 Å². The first-order chi connectivity index (χ1) is 9.26. The fourth-order valence-corrected chi connectivity index (χ4v) is 2.03. The molecule has 2 N–H and O–H groups in total. The van der Waals surface area contributed by atoms with E-state index in [9.17, 15) is 18.7 Å². The number of nitrogens with one attached hydrogen (secondary N) is 1. The molecule has 3 nitrogen and oxygen atoms in total. The Hall–Kier alpha value is -1.14. The second kappa shape index (κ2) is 7.04. The highest BCUT2D eigenvalue weighted by Gasteiger charge is 2.27. The van der Waals surface area contributed by atoms with Crippen molar-refractivity contribution in [1.82, 2.24) is 5.32 Å². The molecule has 0 bridgehead atoms. The summed E-state index contributed by atoms with van der Waals surface area (Å²) in [7, 11) is 0. The van der Waals surface area contributed by atoms with Crippen LogP contribution in [0.5, 0.6) is 0 Å². The van der Waals surface area contributed by atoms with Gasteiger partial charge in [-0.3, -0.25) is 4.79 Å². The molecule has 0 saturated heterocycles. The topological polar surface area (TPSA) is 49.3 Å². The summed E-state index contributed by atoms with van der Waals surface area (Å²) in [6.07, 6.45) is 2.23. The summed E-state index contributed by atoms with van der Waals surface area (Å²) < 4.78 is 26.5. The Bertz CT molecular complexity index is 480. The maximum absolute atomic E-state index is 13.6. The van der Waals surface area contributed by atoms with Gasteiger partial charge in [0, 0.05) is 23.3 Å². The zero-order chi connectivity index (χ0) is 15.3. The first-order valence-corrected chi connectivity index (χ1v) is 7.52. The average Bonchev–Trinajstić information content (AvgIpc) is 2.36. The van der Waals surface area contributed by atoms with Crippen LogP contribution in [-0.2, 0) is 10.4 Å². The molecule has 0 aromatic heterocycles. The summed E-state index contributed by atoms with van der Waals surface area (Å²) in [6.45, 7) is 3.17. The molecule has 0 heterocycles. The standard InChI is InChI=1S/C14H19F2NO2S/c1-9(20-3)6-13(18)17-8-14(2,19)11-5-4-10(15)7-12(11)16/h4-5,7,9,19H,6,8H2,1-3H3,(H,17,18). The van der Waals surface area contributed by atoms with Crippen LogP contribution in [0.4, 0.5) is 8.78 Å². The molecule has 0 radical (unpaired) electrons. The van der Waals surface area contributed by atoms with Crippen LogP contribution >= 0.6 is 11.8 Å². The van der Waals surface area contributed by atoms with Crippen LogP contribution in [0.3, 0.4) is 0 Å². The van der Waals surface area contributed by atoms with E-state index in [2.05, 4.69) is 5.32 Å². The minimum absolute atomic E-state index is 0.0443. The van der Waals surface area contributed by atoms with Crippen molar-refractivity contribution < 1.29 is 18.7 Å². The lowest BCUT2D eigenvalue weighted by molar-refractivity contribution is -0.122. The van der Waals surface area contributed by atoms with Crippen LogP contribution in [0.2, 0.25) is 0 Å². The molecule has 0 aliphatic rings. The maximum atomic E-state index is 13.6. The monoisotopic (exact) mass is 303 g/mol. The van der Waals surface area contributed by atoms with Gasteiger partial charge in [-0.15, -0.1) is 0 Å². The minimum atomic E-state index is -1.59. The lowest BCUT2D eigenvalue weighted by Gasteiger charge is -2.25. The lowest BCUT2D eigenvalue weighted by atomic mass is 9.95. The van der Waals surface area contributed by atoms with Gasteiger partial charge in [-0.1, -0.05) is 13.0 Å². The van der Waals surface area contributed by atoms with Crippen molar-refractivity contribution in [1.29, 1.82) is 0 Å². The van der Waals surface area contributed by atoms with Crippen LogP contribution in [0.1, 0.15) is 25.8 Å². The highest BCUT2D eigenvalue weighted by atomic mass is 32.2. The van der Waals surface area contributed by atoms with Gasteiger partial charge >= 0.3 is 0 Å². The molecule has 0 saturated carbocycles. The Morgan fingerprint density at radius 3 is 2.70 bits per heavy atom. The summed E-state index contributed by atoms with van der Waals surface area (Å²) >= 11 is 1.56. The Balaban J connectivity index is 2.67. The SMILES string of the molecule is CSC(C)CC(=O)NCC(C)(O)c1ccc(F)cc1F. The molecule has 0 spiro atoms. The van der Waals surface area contributed by atoms with Gasteiger partial charge in [-0.2, -0.15) is 11.8 Å². The highest BCUT2D eigenvalue weighted by Crippen LogP contribution is 2.23. The van der Waals surface area contributed by atoms with Gasteiger partial charge in [-0.05, 0) is 19.2 Å². The Labute approximate surface area is 121 Å². The summed E-state index contributed by atoms with van der Waals surface area (Å²) in [5, 5.41) is 13.0. The molecule has 1 aromatic rings. The number of benzene rings is 1. The molecule has 6 heteroatoms. The van der Waals surface area contributed by atoms with E-state index in [1.807, 2.05) is 13.2 Å². The maximum Gasteiger partial charge on any atom is 0.221 e. The molecule has 2 atom stereocenters. The van der Waals surface area contributed by atoms with Crippen LogP contribution in [0.25, 0.3) is 0 Å². The van der Waals surface area contributed by atoms with E-state index in [1.54, 1.807) is 11.8 Å². The van der Waals surface area contributed by atoms with Crippen molar-refractivity contribution in [2.24, 2.45) is 0 Å². The number of amides is 1. The number of carbonyl (C=O) groups is 1. The van der Waals surface area contributed by atoms with E-state index >= 15 is 0 Å². The third-order valence-electron chi connectivity index (χ3n) is 3.02. The van der Waals surface area contributed by atoms with Crippen molar-refractivity contribution in [2.45, 2.75) is 31.1 Å². The van der Waals surface area contributed by atoms with E-state index in [0.29, 0.717) is 12.5 Å². The summed E-state index contributed by atoms with van der Waals surface area (Å²) in [5.74, 6) is -1.75. The fourth-order valence-electron chi connectivity index (χ4n) is 1.71. The van der Waals surface area contributed by atoms with E-state index < -0.39 is 17.2 Å². The van der Waals surface area contributed by atoms with E-state index in [1.165, 1.54) is 13.0 Å². The fraction of sp³-hybridized carbons (Fsp3) is 0.500. The zero-order valence-electron chi connectivity index (χ0n) is 11.7. The molecular formula is C14H19F2NO2S. The first-order valence-electron chi connectivity index (χ1n) is 6.23. The molecule has 0 aliphatic heterocycles. The molecule has 1 aromatic carbocycles. The van der Waals surface area contributed by atoms with Crippen molar-refractivity contribution in [3.05, 3.63) is 35.4 Å². The van der Waals surface area contributed by atoms with Crippen molar-refractivity contribution in [3.8, 4) is 0 Å². The summed E-state index contributed by atoms with van der Waals surface area (Å²) in [5.41, 5.74) is -1.63. The Morgan fingerprint density at radius 1 is 1.50 bits per heavy atom. The first kappa shape index (κ1) is 16.9. The molecule has 112 valence electrons. The van der Waals surface area contributed by atoms with Gasteiger partial charge in [0.05, 0.1) is 6.54 Å². The molecule has 1 amide bonds. The van der Waals surface area contributed by atoms with E-state index in [0.717, 1.165) is 6.07 Å². The predicted octanol–water partition coefficient (Wildman–Crippen LogP) is 2.43. The number of halogens is 2. The van der Waals surface area contributed by atoms with Gasteiger partial charge in [0.1, 0.15) is 17.2 Å². The smallest absolute Gasteiger partial charge is 0.221 e. The number of carbonyl (C=O) groups excluding carboxylic acids is 1. The third kappa shape index (κ3) is 4.76. The van der Waals surface area contributed by atoms with Crippen LogP contribution in [0, 0.1) is 11.6 Å². The quantitative estimate of drug-likeness (QED) is 0.848. The molecule has 0 fully saturated rings. The Morgan fingerprint density at radius 2 is 2.15 bits per heavy atom. The normalized spacial score (nSPS) is 15.5. The second-order valence-electron chi connectivity index (χ2n) is 4.93. The van der Waals surface area contributed by atoms with Gasteiger partial charge in [0.15, 0.2) is 0 Å². The second-order valence-corrected chi connectivity index (χ2v) is 6.20. The third-order valence-corrected chi connectivity index (χ3v) is 3.99. The molecule has 20 heavy (non-hydrogen) atoms. The minimum Gasteiger partial charge on any atom is -0.383 e. The van der Waals surface area contributed by atoms with E-state index in [-0.39, 0.29) is 23.3 Å². The molecule has 2 unspecified atom stereocenters. The Kier molecular flexibility index (Phi) is 5.95. The van der Waals surface area contributed by atoms with E-state index in [4.69, 9.17) is 0 Å². The zero-order valence-corrected chi connectivity index (χ0v) is 12.6. The van der Waals surface area contributed by atoms with Gasteiger partial charge in [0.25, 0.3) is 0 Å². The predicted molar refractivity (Wildman–Crippen MR) is 76.5 cm³/mol. The summed E-state index contributed by atoms with van der Waals surface area (Å²) in [6, 6.07) is 2.97. The van der Waals surface area contributed by atoms with Crippen LogP contribution < -0.4 is 5.32 Å². The number of thioether (sulfide) groups is 1. The average molecular weight is 303 g/mol. The highest BCUT2D eigenvalue weighted by molar-refractivity contribution is 7.99. The molecular weight excluding hydrogens is 284 g/mol.